The molecule has 0 radical (unpaired) electrons. The number of nitrogens with zero attached hydrogens (tertiary/aromatic N) is 1. The van der Waals surface area contributed by atoms with Gasteiger partial charge < -0.3 is 10.2 Å². The standard InChI is InChI=1S/C13H17ClN2OS/c1-15-7-2-8-16-12(17)9-18-13(16)10-3-5-11(14)6-4-10/h3-6,13,15H,2,7-9H2,1H3. The first-order valence-electron chi connectivity index (χ1n) is 6.03. The summed E-state index contributed by atoms with van der Waals surface area (Å²) in [6.45, 7) is 1.74. The summed E-state index contributed by atoms with van der Waals surface area (Å²) < 4.78 is 0. The van der Waals surface area contributed by atoms with Crippen LogP contribution in [-0.4, -0.2) is 36.7 Å². The molecule has 1 unspecified atom stereocenters. The van der Waals surface area contributed by atoms with Gasteiger partial charge in [-0.3, -0.25) is 4.79 Å². The highest BCUT2D eigenvalue weighted by Gasteiger charge is 2.31. The van der Waals surface area contributed by atoms with Crippen LogP contribution >= 0.6 is 23.4 Å². The molecule has 0 saturated carbocycles. The van der Waals surface area contributed by atoms with Crippen LogP contribution < -0.4 is 5.32 Å². The average molecular weight is 285 g/mol. The zero-order chi connectivity index (χ0) is 13.0. The zero-order valence-corrected chi connectivity index (χ0v) is 11.9. The van der Waals surface area contributed by atoms with Gasteiger partial charge in [-0.2, -0.15) is 0 Å². The molecule has 0 spiro atoms. The van der Waals surface area contributed by atoms with Crippen molar-refractivity contribution >= 4 is 29.3 Å². The van der Waals surface area contributed by atoms with Gasteiger partial charge >= 0.3 is 0 Å². The van der Waals surface area contributed by atoms with E-state index in [0.717, 1.165) is 30.1 Å². The monoisotopic (exact) mass is 284 g/mol. The van der Waals surface area contributed by atoms with Gasteiger partial charge in [0, 0.05) is 11.6 Å². The minimum Gasteiger partial charge on any atom is -0.326 e. The second-order valence-corrected chi connectivity index (χ2v) is 5.76. The van der Waals surface area contributed by atoms with Crippen molar-refractivity contribution in [3.05, 3.63) is 34.9 Å². The van der Waals surface area contributed by atoms with Gasteiger partial charge in [0.1, 0.15) is 5.37 Å². The minimum atomic E-state index is 0.145. The maximum Gasteiger partial charge on any atom is 0.233 e. The molecule has 2 rings (SSSR count). The van der Waals surface area contributed by atoms with E-state index in [1.807, 2.05) is 36.2 Å². The highest BCUT2D eigenvalue weighted by Crippen LogP contribution is 2.38. The van der Waals surface area contributed by atoms with Gasteiger partial charge in [-0.1, -0.05) is 23.7 Å². The van der Waals surface area contributed by atoms with Crippen molar-refractivity contribution in [2.75, 3.05) is 25.9 Å². The van der Waals surface area contributed by atoms with Crippen molar-refractivity contribution in [1.29, 1.82) is 0 Å². The fourth-order valence-corrected chi connectivity index (χ4v) is 3.37. The summed E-state index contributed by atoms with van der Waals surface area (Å²) in [5.74, 6) is 0.809. The molecule has 98 valence electrons. The first-order valence-corrected chi connectivity index (χ1v) is 7.46. The lowest BCUT2D eigenvalue weighted by Gasteiger charge is -2.24. The second kappa shape index (κ2) is 6.45. The third kappa shape index (κ3) is 3.19. The average Bonchev–Trinajstić information content (AvgIpc) is 2.73. The predicted octanol–water partition coefficient (Wildman–Crippen LogP) is 2.52. The Morgan fingerprint density at radius 3 is 2.83 bits per heavy atom. The lowest BCUT2D eigenvalue weighted by Crippen LogP contribution is -2.30. The van der Waals surface area contributed by atoms with Crippen LogP contribution in [0.2, 0.25) is 5.02 Å². The van der Waals surface area contributed by atoms with Crippen LogP contribution in [-0.2, 0) is 4.79 Å². The molecule has 3 nitrogen and oxygen atoms in total. The highest BCUT2D eigenvalue weighted by atomic mass is 35.5. The number of hydrogen-bond acceptors (Lipinski definition) is 3. The SMILES string of the molecule is CNCCCN1C(=O)CSC1c1ccc(Cl)cc1. The summed E-state index contributed by atoms with van der Waals surface area (Å²) >= 11 is 7.58. The highest BCUT2D eigenvalue weighted by molar-refractivity contribution is 8.00. The van der Waals surface area contributed by atoms with Crippen LogP contribution in [0, 0.1) is 0 Å². The topological polar surface area (TPSA) is 32.3 Å². The Balaban J connectivity index is 2.06. The Kier molecular flexibility index (Phi) is 4.92. The Bertz CT molecular complexity index is 410. The summed E-state index contributed by atoms with van der Waals surface area (Å²) in [5, 5.41) is 3.98. The van der Waals surface area contributed by atoms with Gasteiger partial charge in [0.05, 0.1) is 5.75 Å². The Morgan fingerprint density at radius 2 is 2.17 bits per heavy atom. The largest absolute Gasteiger partial charge is 0.326 e. The van der Waals surface area contributed by atoms with Crippen molar-refractivity contribution < 1.29 is 4.79 Å². The number of halogens is 1. The molecule has 1 fully saturated rings. The lowest BCUT2D eigenvalue weighted by molar-refractivity contribution is -0.128. The summed E-state index contributed by atoms with van der Waals surface area (Å²) in [6, 6.07) is 7.77. The molecular weight excluding hydrogens is 268 g/mol. The van der Waals surface area contributed by atoms with E-state index in [-0.39, 0.29) is 11.3 Å². The Hall–Kier alpha value is -0.710. The van der Waals surface area contributed by atoms with Crippen LogP contribution in [0.1, 0.15) is 17.4 Å². The number of amides is 1. The van der Waals surface area contributed by atoms with E-state index in [4.69, 9.17) is 11.6 Å². The number of nitrogens with one attached hydrogen (secondary N) is 1. The normalized spacial score (nSPS) is 19.6. The van der Waals surface area contributed by atoms with Gasteiger partial charge in [0.15, 0.2) is 0 Å². The third-order valence-electron chi connectivity index (χ3n) is 2.95. The zero-order valence-electron chi connectivity index (χ0n) is 10.4. The number of carbonyl (C=O) groups excluding carboxylic acids is 1. The van der Waals surface area contributed by atoms with E-state index in [1.165, 1.54) is 0 Å². The third-order valence-corrected chi connectivity index (χ3v) is 4.46. The van der Waals surface area contributed by atoms with Crippen molar-refractivity contribution in [3.8, 4) is 0 Å². The van der Waals surface area contributed by atoms with Crippen LogP contribution in [0.4, 0.5) is 0 Å². The number of hydrogen-bond donors (Lipinski definition) is 1. The molecule has 0 bridgehead atoms. The maximum atomic E-state index is 11.9. The van der Waals surface area contributed by atoms with Crippen LogP contribution in [0.25, 0.3) is 0 Å². The fourth-order valence-electron chi connectivity index (χ4n) is 2.03. The molecule has 1 amide bonds. The summed E-state index contributed by atoms with van der Waals surface area (Å²) in [5.41, 5.74) is 1.15. The first kappa shape index (κ1) is 13.7. The summed E-state index contributed by atoms with van der Waals surface area (Å²) in [6.07, 6.45) is 0.979. The number of rotatable bonds is 5. The summed E-state index contributed by atoms with van der Waals surface area (Å²) in [4.78, 5) is 13.8. The minimum absolute atomic E-state index is 0.145. The first-order chi connectivity index (χ1) is 8.72. The number of thioether (sulfide) groups is 1. The Morgan fingerprint density at radius 1 is 1.44 bits per heavy atom. The van der Waals surface area contributed by atoms with Crippen molar-refractivity contribution in [1.82, 2.24) is 10.2 Å². The molecule has 1 heterocycles. The van der Waals surface area contributed by atoms with Crippen LogP contribution in [0.5, 0.6) is 0 Å². The smallest absolute Gasteiger partial charge is 0.233 e. The van der Waals surface area contributed by atoms with E-state index in [9.17, 15) is 4.79 Å². The predicted molar refractivity (Wildman–Crippen MR) is 76.9 cm³/mol. The summed E-state index contributed by atoms with van der Waals surface area (Å²) in [7, 11) is 1.93. The van der Waals surface area contributed by atoms with Gasteiger partial charge in [-0.25, -0.2) is 0 Å². The van der Waals surface area contributed by atoms with E-state index in [0.29, 0.717) is 5.75 Å². The van der Waals surface area contributed by atoms with E-state index >= 15 is 0 Å². The maximum absolute atomic E-state index is 11.9. The molecule has 0 aliphatic carbocycles. The van der Waals surface area contributed by atoms with Gasteiger partial charge in [0.2, 0.25) is 5.91 Å². The molecule has 1 atom stereocenters. The molecular formula is C13H17ClN2OS. The molecule has 1 aliphatic rings. The fraction of sp³-hybridized carbons (Fsp3) is 0.462. The molecule has 5 heteroatoms. The second-order valence-electron chi connectivity index (χ2n) is 4.26. The molecule has 1 aromatic carbocycles. The van der Waals surface area contributed by atoms with Gasteiger partial charge in [-0.05, 0) is 37.7 Å². The molecule has 1 saturated heterocycles. The molecule has 1 N–H and O–H groups in total. The number of carbonyl (C=O) groups is 1. The Labute approximate surface area is 117 Å². The van der Waals surface area contributed by atoms with Crippen LogP contribution in [0.15, 0.2) is 24.3 Å². The molecule has 18 heavy (non-hydrogen) atoms. The van der Waals surface area contributed by atoms with Crippen molar-refractivity contribution in [2.45, 2.75) is 11.8 Å². The van der Waals surface area contributed by atoms with E-state index in [1.54, 1.807) is 11.8 Å². The molecule has 1 aromatic rings. The van der Waals surface area contributed by atoms with Crippen molar-refractivity contribution in [2.24, 2.45) is 0 Å². The van der Waals surface area contributed by atoms with Crippen LogP contribution in [0.3, 0.4) is 0 Å². The quantitative estimate of drug-likeness (QED) is 0.844. The van der Waals surface area contributed by atoms with Gasteiger partial charge in [-0.15, -0.1) is 11.8 Å². The van der Waals surface area contributed by atoms with Crippen molar-refractivity contribution in [3.63, 3.8) is 0 Å². The van der Waals surface area contributed by atoms with E-state index < -0.39 is 0 Å². The molecule has 0 aromatic heterocycles. The number of benzene rings is 1. The lowest BCUT2D eigenvalue weighted by atomic mass is 10.2. The van der Waals surface area contributed by atoms with Gasteiger partial charge in [0.25, 0.3) is 0 Å². The van der Waals surface area contributed by atoms with E-state index in [2.05, 4.69) is 5.32 Å². The molecule has 1 aliphatic heterocycles.